The van der Waals surface area contributed by atoms with Crippen LogP contribution in [0.15, 0.2) is 71.6 Å². The fourth-order valence-corrected chi connectivity index (χ4v) is 3.64. The number of tetrazole rings is 1. The smallest absolute Gasteiger partial charge is 0.264 e. The standard InChI is InChI=1S/C17H14N6O3S/c1-22(27(24,25)15-5-3-2-4-6-15)13-7-9-14(10-8-13)26-17-12-11-16-18-20-21-23(16)19-17/h2-12H,1H3. The maximum atomic E-state index is 12.7. The van der Waals surface area contributed by atoms with Gasteiger partial charge in [-0.1, -0.05) is 18.2 Å². The van der Waals surface area contributed by atoms with Crippen LogP contribution in [0.25, 0.3) is 5.65 Å². The molecule has 4 aromatic rings. The van der Waals surface area contributed by atoms with Crippen molar-refractivity contribution >= 4 is 21.4 Å². The van der Waals surface area contributed by atoms with E-state index in [4.69, 9.17) is 4.74 Å². The molecule has 0 aliphatic heterocycles. The van der Waals surface area contributed by atoms with E-state index >= 15 is 0 Å². The van der Waals surface area contributed by atoms with Gasteiger partial charge < -0.3 is 4.74 Å². The number of hydrogen-bond donors (Lipinski definition) is 0. The lowest BCUT2D eigenvalue weighted by Gasteiger charge is -2.19. The number of anilines is 1. The van der Waals surface area contributed by atoms with E-state index in [1.165, 1.54) is 16.0 Å². The Morgan fingerprint density at radius 3 is 2.44 bits per heavy atom. The number of aromatic nitrogens is 5. The maximum absolute atomic E-state index is 12.7. The zero-order valence-electron chi connectivity index (χ0n) is 14.2. The molecule has 2 aromatic carbocycles. The van der Waals surface area contributed by atoms with Crippen LogP contribution in [-0.4, -0.2) is 40.7 Å². The lowest BCUT2D eigenvalue weighted by molar-refractivity contribution is 0.447. The fraction of sp³-hybridized carbons (Fsp3) is 0.0588. The van der Waals surface area contributed by atoms with Crippen LogP contribution in [-0.2, 0) is 10.0 Å². The summed E-state index contributed by atoms with van der Waals surface area (Å²) in [5.41, 5.74) is 1.01. The van der Waals surface area contributed by atoms with Gasteiger partial charge in [0.2, 0.25) is 5.88 Å². The van der Waals surface area contributed by atoms with Gasteiger partial charge in [-0.2, -0.15) is 0 Å². The molecule has 0 saturated heterocycles. The third-order valence-electron chi connectivity index (χ3n) is 3.87. The van der Waals surface area contributed by atoms with Crippen molar-refractivity contribution in [1.29, 1.82) is 0 Å². The Morgan fingerprint density at radius 1 is 0.963 bits per heavy atom. The van der Waals surface area contributed by atoms with Crippen molar-refractivity contribution in [3.8, 4) is 11.6 Å². The van der Waals surface area contributed by atoms with Gasteiger partial charge in [0, 0.05) is 13.1 Å². The topological polar surface area (TPSA) is 103 Å². The van der Waals surface area contributed by atoms with Gasteiger partial charge in [-0.25, -0.2) is 8.42 Å². The Hall–Kier alpha value is -3.53. The van der Waals surface area contributed by atoms with Crippen LogP contribution in [0, 0.1) is 0 Å². The molecule has 136 valence electrons. The van der Waals surface area contributed by atoms with Gasteiger partial charge >= 0.3 is 0 Å². The van der Waals surface area contributed by atoms with Crippen LogP contribution in [0.4, 0.5) is 5.69 Å². The van der Waals surface area contributed by atoms with E-state index in [0.29, 0.717) is 23.0 Å². The number of ether oxygens (including phenoxy) is 1. The monoisotopic (exact) mass is 382 g/mol. The minimum absolute atomic E-state index is 0.228. The Balaban J connectivity index is 1.54. The summed E-state index contributed by atoms with van der Waals surface area (Å²) >= 11 is 0. The molecule has 0 amide bonds. The Morgan fingerprint density at radius 2 is 1.70 bits per heavy atom. The lowest BCUT2D eigenvalue weighted by Crippen LogP contribution is -2.26. The molecule has 2 heterocycles. The Bertz CT molecular complexity index is 1180. The predicted molar refractivity (Wildman–Crippen MR) is 97.1 cm³/mol. The second-order valence-electron chi connectivity index (χ2n) is 5.58. The van der Waals surface area contributed by atoms with Crippen LogP contribution in [0.5, 0.6) is 11.6 Å². The number of hydrogen-bond acceptors (Lipinski definition) is 7. The molecule has 0 radical (unpaired) electrons. The largest absolute Gasteiger partial charge is 0.438 e. The molecule has 0 aliphatic rings. The predicted octanol–water partition coefficient (Wildman–Crippen LogP) is 2.14. The molecule has 0 saturated carbocycles. The summed E-state index contributed by atoms with van der Waals surface area (Å²) in [6, 6.07) is 18.2. The molecule has 4 rings (SSSR count). The molecule has 0 spiro atoms. The third-order valence-corrected chi connectivity index (χ3v) is 5.67. The number of fused-ring (bicyclic) bond motifs is 1. The first kappa shape index (κ1) is 16.9. The minimum Gasteiger partial charge on any atom is -0.438 e. The summed E-state index contributed by atoms with van der Waals surface area (Å²) in [7, 11) is -2.12. The summed E-state index contributed by atoms with van der Waals surface area (Å²) in [5, 5.41) is 15.1. The van der Waals surface area contributed by atoms with Crippen molar-refractivity contribution in [2.24, 2.45) is 0 Å². The van der Waals surface area contributed by atoms with E-state index in [1.54, 1.807) is 66.7 Å². The molecule has 10 heteroatoms. The van der Waals surface area contributed by atoms with Gasteiger partial charge in [0.1, 0.15) is 5.75 Å². The SMILES string of the molecule is CN(c1ccc(Oc2ccc3nnnn3n2)cc1)S(=O)(=O)c1ccccc1. The molecule has 9 nitrogen and oxygen atoms in total. The first-order chi connectivity index (χ1) is 13.0. The molecular weight excluding hydrogens is 368 g/mol. The summed E-state index contributed by atoms with van der Waals surface area (Å²) in [6.07, 6.45) is 0. The maximum Gasteiger partial charge on any atom is 0.264 e. The molecule has 0 bridgehead atoms. The van der Waals surface area contributed by atoms with Gasteiger partial charge in [-0.3, -0.25) is 4.31 Å². The highest BCUT2D eigenvalue weighted by molar-refractivity contribution is 7.92. The van der Waals surface area contributed by atoms with Crippen LogP contribution < -0.4 is 9.04 Å². The average molecular weight is 382 g/mol. The summed E-state index contributed by atoms with van der Waals surface area (Å²) in [5.74, 6) is 0.817. The Kier molecular flexibility index (Phi) is 4.16. The van der Waals surface area contributed by atoms with E-state index in [1.807, 2.05) is 0 Å². The van der Waals surface area contributed by atoms with E-state index < -0.39 is 10.0 Å². The van der Waals surface area contributed by atoms with Gasteiger partial charge in [0.15, 0.2) is 5.65 Å². The van der Waals surface area contributed by atoms with Crippen molar-refractivity contribution < 1.29 is 13.2 Å². The van der Waals surface area contributed by atoms with Crippen LogP contribution in [0.2, 0.25) is 0 Å². The van der Waals surface area contributed by atoms with Gasteiger partial charge in [0.25, 0.3) is 10.0 Å². The third kappa shape index (κ3) is 3.29. The normalized spacial score (nSPS) is 11.4. The lowest BCUT2D eigenvalue weighted by atomic mass is 10.3. The minimum atomic E-state index is -3.63. The summed E-state index contributed by atoms with van der Waals surface area (Å²) in [4.78, 5) is 0.228. The number of benzene rings is 2. The number of sulfonamides is 1. The fourth-order valence-electron chi connectivity index (χ4n) is 2.42. The van der Waals surface area contributed by atoms with Crippen LogP contribution >= 0.6 is 0 Å². The second-order valence-corrected chi connectivity index (χ2v) is 7.55. The first-order valence-corrected chi connectivity index (χ1v) is 9.35. The number of rotatable bonds is 5. The number of nitrogens with zero attached hydrogens (tertiary/aromatic N) is 6. The zero-order chi connectivity index (χ0) is 18.9. The van der Waals surface area contributed by atoms with Gasteiger partial charge in [-0.15, -0.1) is 14.8 Å². The van der Waals surface area contributed by atoms with E-state index in [2.05, 4.69) is 20.6 Å². The average Bonchev–Trinajstić information content (AvgIpc) is 3.16. The van der Waals surface area contributed by atoms with Crippen LogP contribution in [0.1, 0.15) is 0 Å². The molecule has 0 unspecified atom stereocenters. The van der Waals surface area contributed by atoms with Gasteiger partial charge in [-0.05, 0) is 52.9 Å². The van der Waals surface area contributed by atoms with Crippen LogP contribution in [0.3, 0.4) is 0 Å². The molecule has 0 fully saturated rings. The zero-order valence-corrected chi connectivity index (χ0v) is 15.0. The van der Waals surface area contributed by atoms with Crippen molar-refractivity contribution in [3.05, 3.63) is 66.7 Å². The quantitative estimate of drug-likeness (QED) is 0.521. The highest BCUT2D eigenvalue weighted by Gasteiger charge is 2.20. The van der Waals surface area contributed by atoms with Gasteiger partial charge in [0.05, 0.1) is 10.6 Å². The molecular formula is C17H14N6O3S. The van der Waals surface area contributed by atoms with Crippen molar-refractivity contribution in [2.45, 2.75) is 4.90 Å². The molecule has 27 heavy (non-hydrogen) atoms. The highest BCUT2D eigenvalue weighted by atomic mass is 32.2. The molecule has 0 atom stereocenters. The summed E-state index contributed by atoms with van der Waals surface area (Å²) in [6.45, 7) is 0. The van der Waals surface area contributed by atoms with Crippen molar-refractivity contribution in [2.75, 3.05) is 11.4 Å². The molecule has 0 aliphatic carbocycles. The molecule has 0 N–H and O–H groups in total. The van der Waals surface area contributed by atoms with E-state index in [0.717, 1.165) is 0 Å². The first-order valence-electron chi connectivity index (χ1n) is 7.91. The summed E-state index contributed by atoms with van der Waals surface area (Å²) < 4.78 is 33.5. The highest BCUT2D eigenvalue weighted by Crippen LogP contribution is 2.26. The Labute approximate surface area is 154 Å². The van der Waals surface area contributed by atoms with Crippen molar-refractivity contribution in [3.63, 3.8) is 0 Å². The van der Waals surface area contributed by atoms with E-state index in [9.17, 15) is 8.42 Å². The second kappa shape index (κ2) is 6.65. The molecule has 2 aromatic heterocycles. The van der Waals surface area contributed by atoms with Crippen molar-refractivity contribution in [1.82, 2.24) is 25.3 Å². The van der Waals surface area contributed by atoms with E-state index in [-0.39, 0.29) is 4.90 Å².